The van der Waals surface area contributed by atoms with Gasteiger partial charge in [-0.1, -0.05) is 19.8 Å². The minimum Gasteiger partial charge on any atom is -0.463 e. The highest BCUT2D eigenvalue weighted by molar-refractivity contribution is 5.95. The Morgan fingerprint density at radius 3 is 2.56 bits per heavy atom. The van der Waals surface area contributed by atoms with Crippen LogP contribution < -0.4 is 0 Å². The molecule has 0 saturated carbocycles. The first kappa shape index (κ1) is 12.5. The number of furan rings is 1. The number of ether oxygens (including phenoxy) is 1. The van der Waals surface area contributed by atoms with Crippen molar-refractivity contribution in [2.45, 2.75) is 32.6 Å². The van der Waals surface area contributed by atoms with Crippen molar-refractivity contribution in [1.82, 2.24) is 0 Å². The van der Waals surface area contributed by atoms with E-state index in [1.54, 1.807) is 0 Å². The van der Waals surface area contributed by atoms with Crippen molar-refractivity contribution in [1.29, 1.82) is 0 Å². The fourth-order valence-corrected chi connectivity index (χ4v) is 1.36. The zero-order valence-electron chi connectivity index (χ0n) is 9.62. The second-order valence-corrected chi connectivity index (χ2v) is 3.54. The number of methoxy groups -OCH3 is 1. The topological polar surface area (TPSA) is 56.5 Å². The van der Waals surface area contributed by atoms with Crippen LogP contribution >= 0.6 is 0 Å². The fourth-order valence-electron chi connectivity index (χ4n) is 1.36. The van der Waals surface area contributed by atoms with Crippen LogP contribution in [0.2, 0.25) is 0 Å². The molecule has 0 aliphatic carbocycles. The molecule has 0 fully saturated rings. The first-order valence-electron chi connectivity index (χ1n) is 5.40. The van der Waals surface area contributed by atoms with Crippen molar-refractivity contribution in [2.75, 3.05) is 7.11 Å². The monoisotopic (exact) mass is 224 g/mol. The maximum Gasteiger partial charge on any atom is 0.373 e. The quantitative estimate of drug-likeness (QED) is 0.423. The molecule has 1 aromatic heterocycles. The molecule has 0 amide bonds. The standard InChI is InChI=1S/C12H16O4/c1-3-4-5-6-9(13)10-7-8-11(16-10)12(14)15-2/h7-8H,3-6H2,1-2H3. The molecule has 4 heteroatoms. The van der Waals surface area contributed by atoms with Crippen LogP contribution in [0.3, 0.4) is 0 Å². The average molecular weight is 224 g/mol. The third-order valence-corrected chi connectivity index (χ3v) is 2.27. The first-order chi connectivity index (χ1) is 7.69. The maximum absolute atomic E-state index is 11.6. The summed E-state index contributed by atoms with van der Waals surface area (Å²) in [7, 11) is 1.27. The van der Waals surface area contributed by atoms with Crippen LogP contribution in [0.15, 0.2) is 16.5 Å². The van der Waals surface area contributed by atoms with E-state index < -0.39 is 5.97 Å². The maximum atomic E-state index is 11.6. The number of hydrogen-bond acceptors (Lipinski definition) is 4. The summed E-state index contributed by atoms with van der Waals surface area (Å²) in [6, 6.07) is 2.97. The van der Waals surface area contributed by atoms with Gasteiger partial charge in [-0.3, -0.25) is 4.79 Å². The molecule has 0 atom stereocenters. The lowest BCUT2D eigenvalue weighted by molar-refractivity contribution is 0.0563. The number of rotatable bonds is 6. The Labute approximate surface area is 94.6 Å². The smallest absolute Gasteiger partial charge is 0.373 e. The van der Waals surface area contributed by atoms with Gasteiger partial charge in [0.25, 0.3) is 0 Å². The van der Waals surface area contributed by atoms with Gasteiger partial charge in [-0.05, 0) is 18.6 Å². The highest BCUT2D eigenvalue weighted by Gasteiger charge is 2.15. The molecule has 0 bridgehead atoms. The Kier molecular flexibility index (Phi) is 4.76. The molecular formula is C12H16O4. The van der Waals surface area contributed by atoms with Gasteiger partial charge in [-0.25, -0.2) is 4.79 Å². The Hall–Kier alpha value is -1.58. The van der Waals surface area contributed by atoms with E-state index in [0.717, 1.165) is 19.3 Å². The van der Waals surface area contributed by atoms with Gasteiger partial charge in [0.1, 0.15) is 0 Å². The van der Waals surface area contributed by atoms with E-state index in [4.69, 9.17) is 4.42 Å². The van der Waals surface area contributed by atoms with Gasteiger partial charge in [-0.2, -0.15) is 0 Å². The zero-order chi connectivity index (χ0) is 12.0. The predicted octanol–water partition coefficient (Wildman–Crippen LogP) is 2.83. The SMILES string of the molecule is CCCCCC(=O)c1ccc(C(=O)OC)o1. The molecule has 0 aliphatic heterocycles. The van der Waals surface area contributed by atoms with Crippen LogP contribution in [0.4, 0.5) is 0 Å². The molecule has 0 radical (unpaired) electrons. The molecule has 16 heavy (non-hydrogen) atoms. The molecule has 1 rings (SSSR count). The van der Waals surface area contributed by atoms with Crippen LogP contribution in [0, 0.1) is 0 Å². The summed E-state index contributed by atoms with van der Waals surface area (Å²) in [6.07, 6.45) is 3.40. The minimum absolute atomic E-state index is 0.0661. The third-order valence-electron chi connectivity index (χ3n) is 2.27. The normalized spacial score (nSPS) is 10.1. The second-order valence-electron chi connectivity index (χ2n) is 3.54. The van der Waals surface area contributed by atoms with Gasteiger partial charge in [0, 0.05) is 6.42 Å². The number of unbranched alkanes of at least 4 members (excludes halogenated alkanes) is 2. The van der Waals surface area contributed by atoms with E-state index in [-0.39, 0.29) is 17.3 Å². The molecule has 1 heterocycles. The number of esters is 1. The lowest BCUT2D eigenvalue weighted by atomic mass is 10.1. The lowest BCUT2D eigenvalue weighted by Gasteiger charge is -1.96. The molecule has 0 saturated heterocycles. The summed E-state index contributed by atoms with van der Waals surface area (Å²) in [4.78, 5) is 22.7. The number of carbonyl (C=O) groups is 2. The highest BCUT2D eigenvalue weighted by atomic mass is 16.5. The van der Waals surface area contributed by atoms with Gasteiger partial charge < -0.3 is 9.15 Å². The summed E-state index contributed by atoms with van der Waals surface area (Å²) in [5, 5.41) is 0. The van der Waals surface area contributed by atoms with Gasteiger partial charge >= 0.3 is 5.97 Å². The minimum atomic E-state index is -0.562. The number of carbonyl (C=O) groups excluding carboxylic acids is 2. The summed E-state index contributed by atoms with van der Waals surface area (Å²) < 4.78 is 9.59. The molecule has 0 unspecified atom stereocenters. The highest BCUT2D eigenvalue weighted by Crippen LogP contribution is 2.13. The largest absolute Gasteiger partial charge is 0.463 e. The van der Waals surface area contributed by atoms with Crippen LogP contribution in [0.25, 0.3) is 0 Å². The number of hydrogen-bond donors (Lipinski definition) is 0. The number of Topliss-reactive ketones (excluding diaryl/α,β-unsaturated/α-hetero) is 1. The molecule has 0 spiro atoms. The van der Waals surface area contributed by atoms with Gasteiger partial charge in [0.05, 0.1) is 7.11 Å². The van der Waals surface area contributed by atoms with Gasteiger partial charge in [-0.15, -0.1) is 0 Å². The van der Waals surface area contributed by atoms with Crippen molar-refractivity contribution in [2.24, 2.45) is 0 Å². The van der Waals surface area contributed by atoms with Crippen molar-refractivity contribution < 1.29 is 18.7 Å². The van der Waals surface area contributed by atoms with E-state index in [1.807, 2.05) is 0 Å². The summed E-state index contributed by atoms with van der Waals surface area (Å²) in [6.45, 7) is 2.08. The molecule has 1 aromatic rings. The first-order valence-corrected chi connectivity index (χ1v) is 5.40. The van der Waals surface area contributed by atoms with Crippen LogP contribution in [0.1, 0.15) is 53.7 Å². The van der Waals surface area contributed by atoms with Crippen molar-refractivity contribution in [3.63, 3.8) is 0 Å². The average Bonchev–Trinajstić information content (AvgIpc) is 2.77. The van der Waals surface area contributed by atoms with E-state index >= 15 is 0 Å². The van der Waals surface area contributed by atoms with Crippen LogP contribution in [0.5, 0.6) is 0 Å². The zero-order valence-corrected chi connectivity index (χ0v) is 9.62. The van der Waals surface area contributed by atoms with Crippen LogP contribution in [-0.2, 0) is 4.74 Å². The third kappa shape index (κ3) is 3.22. The molecule has 0 N–H and O–H groups in total. The molecular weight excluding hydrogens is 208 g/mol. The summed E-state index contributed by atoms with van der Waals surface area (Å²) >= 11 is 0. The molecule has 4 nitrogen and oxygen atoms in total. The van der Waals surface area contributed by atoms with Crippen LogP contribution in [-0.4, -0.2) is 18.9 Å². The fraction of sp³-hybridized carbons (Fsp3) is 0.500. The van der Waals surface area contributed by atoms with E-state index in [9.17, 15) is 9.59 Å². The van der Waals surface area contributed by atoms with E-state index in [2.05, 4.69) is 11.7 Å². The Morgan fingerprint density at radius 2 is 1.94 bits per heavy atom. The van der Waals surface area contributed by atoms with Crippen molar-refractivity contribution in [3.05, 3.63) is 23.7 Å². The Bertz CT molecular complexity index is 365. The van der Waals surface area contributed by atoms with E-state index in [0.29, 0.717) is 6.42 Å². The summed E-state index contributed by atoms with van der Waals surface area (Å²) in [5.74, 6) is -0.325. The van der Waals surface area contributed by atoms with Gasteiger partial charge in [0.2, 0.25) is 5.76 Å². The van der Waals surface area contributed by atoms with Crippen molar-refractivity contribution in [3.8, 4) is 0 Å². The lowest BCUT2D eigenvalue weighted by Crippen LogP contribution is -2.00. The predicted molar refractivity (Wildman–Crippen MR) is 58.5 cm³/mol. The second kappa shape index (κ2) is 6.10. The van der Waals surface area contributed by atoms with Gasteiger partial charge in [0.15, 0.2) is 11.5 Å². The molecule has 0 aromatic carbocycles. The van der Waals surface area contributed by atoms with Crippen molar-refractivity contribution >= 4 is 11.8 Å². The molecule has 0 aliphatic rings. The Morgan fingerprint density at radius 1 is 1.25 bits per heavy atom. The number of ketones is 1. The van der Waals surface area contributed by atoms with E-state index in [1.165, 1.54) is 19.2 Å². The Balaban J connectivity index is 2.56. The molecule has 88 valence electrons. The summed E-state index contributed by atoms with van der Waals surface area (Å²) in [5.41, 5.74) is 0.